The third-order valence-electron chi connectivity index (χ3n) is 2.52. The molecule has 0 fully saturated rings. The Morgan fingerprint density at radius 3 is 2.84 bits per heavy atom. The number of nitriles is 1. The van der Waals surface area contributed by atoms with Gasteiger partial charge in [0.15, 0.2) is 5.82 Å². The molecule has 0 N–H and O–H groups in total. The van der Waals surface area contributed by atoms with Crippen molar-refractivity contribution < 1.29 is 9.59 Å². The van der Waals surface area contributed by atoms with Gasteiger partial charge in [-0.15, -0.1) is 0 Å². The van der Waals surface area contributed by atoms with Gasteiger partial charge in [-0.1, -0.05) is 6.08 Å². The van der Waals surface area contributed by atoms with E-state index < -0.39 is 11.8 Å². The van der Waals surface area contributed by atoms with E-state index in [1.807, 2.05) is 0 Å². The molecule has 6 nitrogen and oxygen atoms in total. The number of hydrogen-bond donors (Lipinski definition) is 0. The second-order valence-electron chi connectivity index (χ2n) is 3.75. The molecule has 6 heteroatoms. The lowest BCUT2D eigenvalue weighted by Crippen LogP contribution is -2.39. The fraction of sp³-hybridized carbons (Fsp3) is 0.154. The van der Waals surface area contributed by atoms with Crippen molar-refractivity contribution in [1.82, 2.24) is 14.9 Å². The van der Waals surface area contributed by atoms with Crippen molar-refractivity contribution in [3.63, 3.8) is 0 Å². The lowest BCUT2D eigenvalue weighted by atomic mass is 10.1. The number of carbonyl (C=O) groups is 2. The van der Waals surface area contributed by atoms with Crippen LogP contribution in [0, 0.1) is 11.3 Å². The molecule has 2 heterocycles. The first-order valence-corrected chi connectivity index (χ1v) is 5.63. The maximum Gasteiger partial charge on any atom is 0.271 e. The number of aromatic nitrogens is 2. The minimum atomic E-state index is -0.558. The zero-order valence-corrected chi connectivity index (χ0v) is 9.98. The molecule has 94 valence electrons. The lowest BCUT2D eigenvalue weighted by Gasteiger charge is -2.21. The molecule has 1 aliphatic rings. The molecule has 1 aromatic rings. The van der Waals surface area contributed by atoms with Crippen LogP contribution in [0.3, 0.4) is 0 Å². The number of hydrogen-bond acceptors (Lipinski definition) is 5. The molecule has 2 amide bonds. The van der Waals surface area contributed by atoms with Crippen molar-refractivity contribution in [3.8, 4) is 6.07 Å². The predicted octanol–water partition coefficient (Wildman–Crippen LogP) is 0.699. The number of amides is 2. The summed E-state index contributed by atoms with van der Waals surface area (Å²) in [6.45, 7) is 0.281. The zero-order chi connectivity index (χ0) is 13.7. The Morgan fingerprint density at radius 2 is 2.16 bits per heavy atom. The average molecular weight is 254 g/mol. The largest absolute Gasteiger partial charge is 0.274 e. The van der Waals surface area contributed by atoms with Crippen molar-refractivity contribution in [2.75, 3.05) is 6.54 Å². The van der Waals surface area contributed by atoms with E-state index >= 15 is 0 Å². The van der Waals surface area contributed by atoms with Gasteiger partial charge in [-0.3, -0.25) is 14.5 Å². The van der Waals surface area contributed by atoms with E-state index in [1.54, 1.807) is 24.5 Å². The minimum Gasteiger partial charge on any atom is -0.274 e. The summed E-state index contributed by atoms with van der Waals surface area (Å²) in [4.78, 5) is 32.5. The second kappa shape index (κ2) is 5.69. The summed E-state index contributed by atoms with van der Waals surface area (Å²) in [6, 6.07) is 3.45. The van der Waals surface area contributed by atoms with E-state index in [4.69, 9.17) is 5.26 Å². The van der Waals surface area contributed by atoms with Crippen LogP contribution in [0.25, 0.3) is 6.08 Å². The Hall–Kier alpha value is -2.81. The van der Waals surface area contributed by atoms with Gasteiger partial charge < -0.3 is 0 Å². The van der Waals surface area contributed by atoms with E-state index in [0.29, 0.717) is 12.2 Å². The summed E-state index contributed by atoms with van der Waals surface area (Å²) in [6.07, 6.45) is 7.80. The maximum atomic E-state index is 11.9. The molecule has 0 radical (unpaired) electrons. The zero-order valence-electron chi connectivity index (χ0n) is 9.98. The lowest BCUT2D eigenvalue weighted by molar-refractivity contribution is -0.139. The van der Waals surface area contributed by atoms with Gasteiger partial charge in [-0.05, 0) is 18.6 Å². The number of nitrogens with zero attached hydrogens (tertiary/aromatic N) is 4. The molecule has 0 saturated heterocycles. The molecule has 1 aliphatic heterocycles. The summed E-state index contributed by atoms with van der Waals surface area (Å²) >= 11 is 0. The fourth-order valence-corrected chi connectivity index (χ4v) is 1.61. The molecule has 19 heavy (non-hydrogen) atoms. The first-order valence-electron chi connectivity index (χ1n) is 5.63. The highest BCUT2D eigenvalue weighted by atomic mass is 16.2. The SMILES string of the molecule is N#CC1=CCCN(C(=O)/C=C/c2ncccn2)C1=O. The van der Waals surface area contributed by atoms with Crippen LogP contribution in [0.1, 0.15) is 12.2 Å². The molecule has 0 aliphatic carbocycles. The van der Waals surface area contributed by atoms with Gasteiger partial charge in [-0.2, -0.15) is 5.26 Å². The van der Waals surface area contributed by atoms with Gasteiger partial charge >= 0.3 is 0 Å². The second-order valence-corrected chi connectivity index (χ2v) is 3.75. The summed E-state index contributed by atoms with van der Waals surface area (Å²) in [7, 11) is 0. The van der Waals surface area contributed by atoms with Crippen LogP contribution in [-0.4, -0.2) is 33.2 Å². The van der Waals surface area contributed by atoms with Crippen LogP contribution in [0.2, 0.25) is 0 Å². The summed E-state index contributed by atoms with van der Waals surface area (Å²) in [5, 5.41) is 8.75. The fourth-order valence-electron chi connectivity index (χ4n) is 1.61. The average Bonchev–Trinajstić information content (AvgIpc) is 2.46. The number of carbonyl (C=O) groups excluding carboxylic acids is 2. The number of rotatable bonds is 2. The first-order chi connectivity index (χ1) is 9.22. The van der Waals surface area contributed by atoms with Crippen molar-refractivity contribution in [1.29, 1.82) is 5.26 Å². The molecule has 0 bridgehead atoms. The quantitative estimate of drug-likeness (QED) is 0.725. The van der Waals surface area contributed by atoms with E-state index in [1.165, 1.54) is 18.2 Å². The molecule has 1 aromatic heterocycles. The van der Waals surface area contributed by atoms with Crippen LogP contribution in [0.4, 0.5) is 0 Å². The standard InChI is InChI=1S/C13H10N4O2/c14-9-10-3-1-8-17(13(10)19)12(18)5-4-11-15-6-2-7-16-11/h2-7H,1,8H2/b5-4+. The van der Waals surface area contributed by atoms with Crippen molar-refractivity contribution in [2.24, 2.45) is 0 Å². The molecule has 0 saturated carbocycles. The number of imide groups is 1. The smallest absolute Gasteiger partial charge is 0.271 e. The van der Waals surface area contributed by atoms with Gasteiger partial charge in [-0.25, -0.2) is 9.97 Å². The Labute approximate surface area is 109 Å². The van der Waals surface area contributed by atoms with Crippen molar-refractivity contribution in [2.45, 2.75) is 6.42 Å². The Balaban J connectivity index is 2.10. The van der Waals surface area contributed by atoms with Gasteiger partial charge in [0, 0.05) is 25.0 Å². The Bertz CT molecular complexity index is 599. The predicted molar refractivity (Wildman–Crippen MR) is 66.1 cm³/mol. The topological polar surface area (TPSA) is 86.9 Å². The molecule has 0 spiro atoms. The van der Waals surface area contributed by atoms with Crippen LogP contribution >= 0.6 is 0 Å². The van der Waals surface area contributed by atoms with Crippen molar-refractivity contribution >= 4 is 17.9 Å². The monoisotopic (exact) mass is 254 g/mol. The van der Waals surface area contributed by atoms with Gasteiger partial charge in [0.2, 0.25) is 0 Å². The third-order valence-corrected chi connectivity index (χ3v) is 2.52. The molecule has 0 atom stereocenters. The highest BCUT2D eigenvalue weighted by Crippen LogP contribution is 2.11. The Kier molecular flexibility index (Phi) is 3.78. The van der Waals surface area contributed by atoms with E-state index in [0.717, 1.165) is 4.90 Å². The van der Waals surface area contributed by atoms with Crippen LogP contribution < -0.4 is 0 Å². The van der Waals surface area contributed by atoms with Crippen LogP contribution in [0.15, 0.2) is 36.2 Å². The highest BCUT2D eigenvalue weighted by molar-refractivity contribution is 6.10. The van der Waals surface area contributed by atoms with Crippen LogP contribution in [-0.2, 0) is 9.59 Å². The van der Waals surface area contributed by atoms with Crippen LogP contribution in [0.5, 0.6) is 0 Å². The minimum absolute atomic E-state index is 0.00367. The molecular formula is C13H10N4O2. The summed E-state index contributed by atoms with van der Waals surface area (Å²) < 4.78 is 0. The van der Waals surface area contributed by atoms with Crippen molar-refractivity contribution in [3.05, 3.63) is 42.0 Å². The summed E-state index contributed by atoms with van der Waals surface area (Å²) in [5.74, 6) is -0.646. The highest BCUT2D eigenvalue weighted by Gasteiger charge is 2.25. The first kappa shape index (κ1) is 12.6. The normalized spacial score (nSPS) is 15.2. The van der Waals surface area contributed by atoms with E-state index in [9.17, 15) is 9.59 Å². The third kappa shape index (κ3) is 2.90. The molecular weight excluding hydrogens is 244 g/mol. The maximum absolute atomic E-state index is 11.9. The van der Waals surface area contributed by atoms with Gasteiger partial charge in [0.05, 0.1) is 0 Å². The molecule has 0 unspecified atom stereocenters. The summed E-state index contributed by atoms with van der Waals surface area (Å²) in [5.41, 5.74) is 0.00367. The van der Waals surface area contributed by atoms with E-state index in [2.05, 4.69) is 9.97 Å². The van der Waals surface area contributed by atoms with E-state index in [-0.39, 0.29) is 12.1 Å². The van der Waals surface area contributed by atoms with Gasteiger partial charge in [0.25, 0.3) is 11.8 Å². The molecule has 0 aromatic carbocycles. The molecule has 2 rings (SSSR count). The van der Waals surface area contributed by atoms with Gasteiger partial charge in [0.1, 0.15) is 11.6 Å². The Morgan fingerprint density at radius 1 is 1.42 bits per heavy atom.